The molecule has 0 saturated carbocycles. The van der Waals surface area contributed by atoms with Gasteiger partial charge in [-0.25, -0.2) is 8.78 Å². The summed E-state index contributed by atoms with van der Waals surface area (Å²) >= 11 is 0. The summed E-state index contributed by atoms with van der Waals surface area (Å²) in [5, 5.41) is 0. The Balaban J connectivity index is 1.93. The highest BCUT2D eigenvalue weighted by molar-refractivity contribution is 5.91. The second-order valence-electron chi connectivity index (χ2n) is 5.99. The zero-order valence-corrected chi connectivity index (χ0v) is 13.5. The molecular formula is C22H17F2N. The molecule has 1 nitrogen and oxygen atoms in total. The summed E-state index contributed by atoms with van der Waals surface area (Å²) in [7, 11) is 0. The van der Waals surface area contributed by atoms with E-state index < -0.39 is 12.5 Å². The van der Waals surface area contributed by atoms with E-state index in [-0.39, 0.29) is 0 Å². The van der Waals surface area contributed by atoms with Crippen molar-refractivity contribution in [2.75, 3.05) is 4.90 Å². The molecule has 0 fully saturated rings. The monoisotopic (exact) mass is 333 g/mol. The van der Waals surface area contributed by atoms with E-state index in [4.69, 9.17) is 0 Å². The molecule has 0 aromatic heterocycles. The largest absolute Gasteiger partial charge is 0.328 e. The zero-order valence-electron chi connectivity index (χ0n) is 13.5. The average molecular weight is 333 g/mol. The molecule has 3 heteroatoms. The van der Waals surface area contributed by atoms with Crippen molar-refractivity contribution in [2.45, 2.75) is 12.5 Å². The molecule has 3 aromatic rings. The molecule has 124 valence electrons. The van der Waals surface area contributed by atoms with Gasteiger partial charge in [-0.2, -0.15) is 0 Å². The van der Waals surface area contributed by atoms with Crippen LogP contribution < -0.4 is 4.90 Å². The van der Waals surface area contributed by atoms with E-state index in [0.29, 0.717) is 0 Å². The van der Waals surface area contributed by atoms with Crippen molar-refractivity contribution < 1.29 is 8.78 Å². The molecule has 1 aliphatic rings. The van der Waals surface area contributed by atoms with E-state index in [1.54, 1.807) is 11.0 Å². The number of para-hydroxylation sites is 2. The summed E-state index contributed by atoms with van der Waals surface area (Å²) in [6.07, 6.45) is -0.803. The fourth-order valence-corrected chi connectivity index (χ4v) is 3.36. The van der Waals surface area contributed by atoms with Crippen molar-refractivity contribution in [3.63, 3.8) is 0 Å². The number of fused-ring (bicyclic) bond motifs is 1. The van der Waals surface area contributed by atoms with E-state index >= 15 is 0 Å². The van der Waals surface area contributed by atoms with Gasteiger partial charge in [-0.05, 0) is 35.4 Å². The van der Waals surface area contributed by atoms with E-state index in [0.717, 1.165) is 28.1 Å². The first-order chi connectivity index (χ1) is 12.3. The van der Waals surface area contributed by atoms with Crippen LogP contribution in [-0.2, 0) is 0 Å². The maximum atomic E-state index is 14.0. The highest BCUT2D eigenvalue weighted by Gasteiger charge is 2.33. The van der Waals surface area contributed by atoms with Gasteiger partial charge >= 0.3 is 0 Å². The van der Waals surface area contributed by atoms with Crippen molar-refractivity contribution in [1.82, 2.24) is 0 Å². The second-order valence-corrected chi connectivity index (χ2v) is 5.99. The van der Waals surface area contributed by atoms with Crippen molar-refractivity contribution in [3.05, 3.63) is 102 Å². The fraction of sp³-hybridized carbons (Fsp3) is 0.0909. The molecule has 25 heavy (non-hydrogen) atoms. The molecule has 0 N–H and O–H groups in total. The van der Waals surface area contributed by atoms with Crippen molar-refractivity contribution in [3.8, 4) is 0 Å². The van der Waals surface area contributed by atoms with E-state index in [9.17, 15) is 8.78 Å². The summed E-state index contributed by atoms with van der Waals surface area (Å²) in [5.41, 5.74) is 4.35. The first kappa shape index (κ1) is 15.6. The highest BCUT2D eigenvalue weighted by atomic mass is 19.3. The normalized spacial score (nSPS) is 16.5. The number of rotatable bonds is 3. The van der Waals surface area contributed by atoms with Crippen LogP contribution in [0.2, 0.25) is 0 Å². The number of hydrogen-bond acceptors (Lipinski definition) is 1. The maximum absolute atomic E-state index is 14.0. The van der Waals surface area contributed by atoms with Crippen LogP contribution in [0.5, 0.6) is 0 Å². The minimum absolute atomic E-state index is 0.767. The van der Waals surface area contributed by atoms with Crippen LogP contribution in [0.4, 0.5) is 20.2 Å². The number of alkyl halides is 2. The lowest BCUT2D eigenvalue weighted by Crippen LogP contribution is -2.38. The Hall–Kier alpha value is -2.94. The summed E-state index contributed by atoms with van der Waals surface area (Å²) in [6.45, 7) is 0. The van der Waals surface area contributed by atoms with Gasteiger partial charge in [-0.15, -0.1) is 0 Å². The van der Waals surface area contributed by atoms with Gasteiger partial charge in [-0.1, -0.05) is 66.7 Å². The van der Waals surface area contributed by atoms with E-state index in [1.165, 1.54) is 0 Å². The molecule has 0 saturated heterocycles. The van der Waals surface area contributed by atoms with Crippen LogP contribution in [0.15, 0.2) is 91.0 Å². The van der Waals surface area contributed by atoms with Gasteiger partial charge in [0.25, 0.3) is 6.43 Å². The van der Waals surface area contributed by atoms with Crippen LogP contribution in [0.1, 0.15) is 11.1 Å². The minimum atomic E-state index is -2.49. The molecule has 3 aromatic carbocycles. The predicted octanol–water partition coefficient (Wildman–Crippen LogP) is 5.90. The number of halogens is 2. The number of nitrogens with zero attached hydrogens (tertiary/aromatic N) is 1. The van der Waals surface area contributed by atoms with Crippen LogP contribution in [0.3, 0.4) is 0 Å². The van der Waals surface area contributed by atoms with Gasteiger partial charge in [-0.3, -0.25) is 0 Å². The molecule has 1 atom stereocenters. The molecule has 0 aliphatic carbocycles. The van der Waals surface area contributed by atoms with Crippen molar-refractivity contribution in [2.24, 2.45) is 0 Å². The Kier molecular flexibility index (Phi) is 4.06. The quantitative estimate of drug-likeness (QED) is 0.576. The molecule has 0 bridgehead atoms. The summed E-state index contributed by atoms with van der Waals surface area (Å²) < 4.78 is 27.9. The van der Waals surface area contributed by atoms with Gasteiger partial charge in [0, 0.05) is 16.9 Å². The van der Waals surface area contributed by atoms with Gasteiger partial charge in [0.2, 0.25) is 0 Å². The first-order valence-electron chi connectivity index (χ1n) is 8.25. The molecular weight excluding hydrogens is 316 g/mol. The number of anilines is 2. The molecule has 1 unspecified atom stereocenters. The lowest BCUT2D eigenvalue weighted by Gasteiger charge is -2.37. The lowest BCUT2D eigenvalue weighted by molar-refractivity contribution is 0.133. The van der Waals surface area contributed by atoms with Gasteiger partial charge < -0.3 is 4.90 Å². The van der Waals surface area contributed by atoms with Crippen molar-refractivity contribution in [1.29, 1.82) is 0 Å². The van der Waals surface area contributed by atoms with E-state index in [1.807, 2.05) is 84.9 Å². The van der Waals surface area contributed by atoms with Gasteiger partial charge in [0.15, 0.2) is 0 Å². The molecule has 0 radical (unpaired) electrons. The molecule has 0 spiro atoms. The van der Waals surface area contributed by atoms with Crippen LogP contribution in [0, 0.1) is 0 Å². The minimum Gasteiger partial charge on any atom is -0.328 e. The number of benzene rings is 3. The standard InChI is InChI=1S/C22H17F2N/c23-22(24)21-15-19(16-9-3-1-4-10-16)18-13-7-8-14-20(18)25(21)17-11-5-2-6-12-17/h1-15,21-22H. The lowest BCUT2D eigenvalue weighted by atomic mass is 9.90. The summed E-state index contributed by atoms with van der Waals surface area (Å²) in [6, 6.07) is 25.8. The Morgan fingerprint density at radius 2 is 1.32 bits per heavy atom. The topological polar surface area (TPSA) is 3.24 Å². The SMILES string of the molecule is FC(F)C1C=C(c2ccccc2)c2ccccc2N1c1ccccc1. The van der Waals surface area contributed by atoms with E-state index in [2.05, 4.69) is 0 Å². The van der Waals surface area contributed by atoms with Crippen molar-refractivity contribution >= 4 is 16.9 Å². The van der Waals surface area contributed by atoms with Crippen LogP contribution >= 0.6 is 0 Å². The smallest absolute Gasteiger partial charge is 0.262 e. The number of hydrogen-bond donors (Lipinski definition) is 0. The highest BCUT2D eigenvalue weighted by Crippen LogP contribution is 2.42. The molecule has 4 rings (SSSR count). The first-order valence-corrected chi connectivity index (χ1v) is 8.25. The fourth-order valence-electron chi connectivity index (χ4n) is 3.36. The van der Waals surface area contributed by atoms with Crippen LogP contribution in [0.25, 0.3) is 5.57 Å². The Labute approximate surface area is 145 Å². The Morgan fingerprint density at radius 1 is 0.720 bits per heavy atom. The van der Waals surface area contributed by atoms with Crippen LogP contribution in [-0.4, -0.2) is 12.5 Å². The predicted molar refractivity (Wildman–Crippen MR) is 98.3 cm³/mol. The van der Waals surface area contributed by atoms with Gasteiger partial charge in [0.05, 0.1) is 0 Å². The molecule has 1 heterocycles. The zero-order chi connectivity index (χ0) is 17.2. The Morgan fingerprint density at radius 3 is 2.00 bits per heavy atom. The third-order valence-corrected chi connectivity index (χ3v) is 4.47. The molecule has 1 aliphatic heterocycles. The maximum Gasteiger partial charge on any atom is 0.262 e. The second kappa shape index (κ2) is 6.52. The van der Waals surface area contributed by atoms with Gasteiger partial charge in [0.1, 0.15) is 6.04 Å². The summed E-state index contributed by atoms with van der Waals surface area (Å²) in [4.78, 5) is 1.73. The Bertz CT molecular complexity index is 888. The third kappa shape index (κ3) is 2.82. The molecule has 0 amide bonds. The summed E-state index contributed by atoms with van der Waals surface area (Å²) in [5.74, 6) is 0. The average Bonchev–Trinajstić information content (AvgIpc) is 2.68. The third-order valence-electron chi connectivity index (χ3n) is 4.47.